The standard InChI is InChI=1S/C20H25N2O/c1-3-12-10-22(2)18-9-15-13-6-4-5-7-17(13)21-20(15)19(22)8-14(12)16(18)11-23/h3-7,14,16,18-19,21,23H,8-11H2,1-2H3/q+1/b12-3+/t14-,16+,18-,19-,22+/m0/s1. The Morgan fingerprint density at radius 3 is 2.96 bits per heavy atom. The van der Waals surface area contributed by atoms with Crippen LogP contribution in [-0.2, 0) is 6.42 Å². The molecular formula is C20H25N2O+. The highest BCUT2D eigenvalue weighted by atomic mass is 16.3. The van der Waals surface area contributed by atoms with Gasteiger partial charge in [0, 0.05) is 35.6 Å². The molecule has 1 aromatic heterocycles. The number of fused-ring (bicyclic) bond motifs is 4. The van der Waals surface area contributed by atoms with Crippen molar-refractivity contribution < 1.29 is 9.59 Å². The summed E-state index contributed by atoms with van der Waals surface area (Å²) in [4.78, 5) is 3.75. The molecule has 1 aromatic carbocycles. The fourth-order valence-corrected chi connectivity index (χ4v) is 6.02. The number of aromatic nitrogens is 1. The molecule has 0 amide bonds. The molecular weight excluding hydrogens is 284 g/mol. The average molecular weight is 309 g/mol. The van der Waals surface area contributed by atoms with E-state index in [0.29, 0.717) is 30.5 Å². The number of allylic oxidation sites excluding steroid dienone is 1. The molecule has 4 bridgehead atoms. The molecule has 4 aliphatic rings. The fraction of sp³-hybridized carbons (Fsp3) is 0.500. The summed E-state index contributed by atoms with van der Waals surface area (Å²) in [5.41, 5.74) is 5.84. The number of piperidine rings is 3. The monoisotopic (exact) mass is 309 g/mol. The molecule has 23 heavy (non-hydrogen) atoms. The fourth-order valence-electron chi connectivity index (χ4n) is 6.02. The van der Waals surface area contributed by atoms with Crippen molar-refractivity contribution in [2.75, 3.05) is 20.2 Å². The van der Waals surface area contributed by atoms with Crippen LogP contribution in [0, 0.1) is 11.8 Å². The summed E-state index contributed by atoms with van der Waals surface area (Å²) in [6, 6.07) is 9.84. The number of benzene rings is 1. The molecule has 5 heterocycles. The van der Waals surface area contributed by atoms with Crippen LogP contribution in [0.4, 0.5) is 0 Å². The van der Waals surface area contributed by atoms with Gasteiger partial charge in [0.15, 0.2) is 0 Å². The third-order valence-electron chi connectivity index (χ3n) is 7.13. The Kier molecular flexibility index (Phi) is 2.70. The summed E-state index contributed by atoms with van der Waals surface area (Å²) in [6.07, 6.45) is 4.59. The van der Waals surface area contributed by atoms with Crippen molar-refractivity contribution in [2.45, 2.75) is 31.8 Å². The van der Waals surface area contributed by atoms with Crippen LogP contribution in [0.3, 0.4) is 0 Å². The van der Waals surface area contributed by atoms with E-state index in [1.807, 2.05) is 0 Å². The second-order valence-electron chi connectivity index (χ2n) is 7.91. The summed E-state index contributed by atoms with van der Waals surface area (Å²) in [5.74, 6) is 0.984. The van der Waals surface area contributed by atoms with E-state index in [9.17, 15) is 5.11 Å². The number of H-pyrrole nitrogens is 1. The molecule has 3 heteroatoms. The molecule has 6 rings (SSSR count). The van der Waals surface area contributed by atoms with Gasteiger partial charge in [-0.2, -0.15) is 0 Å². The van der Waals surface area contributed by atoms with Crippen molar-refractivity contribution in [3.63, 3.8) is 0 Å². The molecule has 3 fully saturated rings. The zero-order chi connectivity index (χ0) is 15.8. The maximum absolute atomic E-state index is 10.1. The molecule has 2 N–H and O–H groups in total. The van der Waals surface area contributed by atoms with Crippen LogP contribution in [0.1, 0.15) is 30.6 Å². The third kappa shape index (κ3) is 1.57. The van der Waals surface area contributed by atoms with Crippen molar-refractivity contribution >= 4 is 10.9 Å². The smallest absolute Gasteiger partial charge is 0.131 e. The molecule has 0 radical (unpaired) electrons. The number of likely N-dealkylation sites (N-methyl/N-ethyl adjacent to an activating group) is 1. The van der Waals surface area contributed by atoms with Crippen LogP contribution in [0.2, 0.25) is 0 Å². The lowest BCUT2D eigenvalue weighted by Gasteiger charge is -2.62. The number of rotatable bonds is 1. The third-order valence-corrected chi connectivity index (χ3v) is 7.13. The minimum absolute atomic E-state index is 0.324. The van der Waals surface area contributed by atoms with Gasteiger partial charge in [-0.25, -0.2) is 0 Å². The number of quaternary nitrogens is 1. The zero-order valence-corrected chi connectivity index (χ0v) is 13.9. The highest BCUT2D eigenvalue weighted by molar-refractivity contribution is 5.85. The molecule has 0 unspecified atom stereocenters. The number of hydrogen-bond acceptors (Lipinski definition) is 1. The van der Waals surface area contributed by atoms with Crippen molar-refractivity contribution in [3.05, 3.63) is 47.2 Å². The molecule has 3 nitrogen and oxygen atoms in total. The van der Waals surface area contributed by atoms with Crippen molar-refractivity contribution in [2.24, 2.45) is 11.8 Å². The number of aliphatic hydroxyl groups excluding tert-OH is 1. The van der Waals surface area contributed by atoms with Gasteiger partial charge in [-0.15, -0.1) is 0 Å². The minimum Gasteiger partial charge on any atom is -0.396 e. The van der Waals surface area contributed by atoms with Gasteiger partial charge in [-0.05, 0) is 24.1 Å². The Labute approximate surface area is 137 Å². The molecule has 0 spiro atoms. The van der Waals surface area contributed by atoms with E-state index < -0.39 is 0 Å². The van der Waals surface area contributed by atoms with Gasteiger partial charge in [0.2, 0.25) is 0 Å². The summed E-state index contributed by atoms with van der Waals surface area (Å²) < 4.78 is 1.08. The Bertz CT molecular complexity index is 820. The summed E-state index contributed by atoms with van der Waals surface area (Å²) >= 11 is 0. The Morgan fingerprint density at radius 1 is 1.35 bits per heavy atom. The van der Waals surface area contributed by atoms with Gasteiger partial charge in [0.1, 0.15) is 12.6 Å². The molecule has 5 atom stereocenters. The van der Waals surface area contributed by atoms with Crippen LogP contribution in [0.25, 0.3) is 10.9 Å². The maximum Gasteiger partial charge on any atom is 0.131 e. The molecule has 0 aliphatic carbocycles. The van der Waals surface area contributed by atoms with Gasteiger partial charge < -0.3 is 14.6 Å². The number of para-hydroxylation sites is 1. The predicted molar refractivity (Wildman–Crippen MR) is 92.0 cm³/mol. The highest BCUT2D eigenvalue weighted by Gasteiger charge is 2.61. The predicted octanol–water partition coefficient (Wildman–Crippen LogP) is 3.17. The molecule has 120 valence electrons. The number of aliphatic hydroxyl groups is 1. The first-order valence-electron chi connectivity index (χ1n) is 8.87. The quantitative estimate of drug-likeness (QED) is 0.616. The number of nitrogens with one attached hydrogen (secondary N) is 1. The van der Waals surface area contributed by atoms with E-state index in [1.165, 1.54) is 28.6 Å². The maximum atomic E-state index is 10.1. The Morgan fingerprint density at radius 2 is 2.17 bits per heavy atom. The Balaban J connectivity index is 1.73. The van der Waals surface area contributed by atoms with Crippen LogP contribution >= 0.6 is 0 Å². The second-order valence-corrected chi connectivity index (χ2v) is 7.91. The van der Waals surface area contributed by atoms with Crippen molar-refractivity contribution in [3.8, 4) is 0 Å². The first-order chi connectivity index (χ1) is 11.2. The lowest BCUT2D eigenvalue weighted by Crippen LogP contribution is -2.70. The minimum atomic E-state index is 0.324. The van der Waals surface area contributed by atoms with Gasteiger partial charge in [0.05, 0.1) is 25.4 Å². The van der Waals surface area contributed by atoms with E-state index in [0.717, 1.165) is 17.4 Å². The summed E-state index contributed by atoms with van der Waals surface area (Å²) in [7, 11) is 2.42. The SMILES string of the molecule is C/C=C1\C[N@@+]2(C)[C@H]3C[C@@H]1[C@@H](CO)[C@@H]2Cc1c3[nH]c2ccccc12. The molecule has 4 aliphatic heterocycles. The van der Waals surface area contributed by atoms with Crippen LogP contribution in [0.15, 0.2) is 35.9 Å². The topological polar surface area (TPSA) is 36.0 Å². The van der Waals surface area contributed by atoms with Gasteiger partial charge in [0.25, 0.3) is 0 Å². The van der Waals surface area contributed by atoms with Crippen LogP contribution in [-0.4, -0.2) is 40.8 Å². The molecule has 2 aromatic rings. The van der Waals surface area contributed by atoms with Gasteiger partial charge in [-0.3, -0.25) is 0 Å². The van der Waals surface area contributed by atoms with E-state index in [4.69, 9.17) is 0 Å². The summed E-state index contributed by atoms with van der Waals surface area (Å²) in [6.45, 7) is 3.65. The lowest BCUT2D eigenvalue weighted by atomic mass is 9.62. The van der Waals surface area contributed by atoms with E-state index in [-0.39, 0.29) is 0 Å². The highest BCUT2D eigenvalue weighted by Crippen LogP contribution is 2.57. The number of nitrogens with zero attached hydrogens (tertiary/aromatic N) is 1. The van der Waals surface area contributed by atoms with Crippen LogP contribution < -0.4 is 0 Å². The first-order valence-corrected chi connectivity index (χ1v) is 8.87. The second kappa shape index (κ2) is 4.49. The van der Waals surface area contributed by atoms with E-state index in [2.05, 4.69) is 49.3 Å². The van der Waals surface area contributed by atoms with Crippen molar-refractivity contribution in [1.29, 1.82) is 0 Å². The Hall–Kier alpha value is -1.58. The zero-order valence-electron chi connectivity index (χ0n) is 13.9. The van der Waals surface area contributed by atoms with E-state index in [1.54, 1.807) is 5.57 Å². The lowest BCUT2D eigenvalue weighted by molar-refractivity contribution is -0.978. The molecule has 3 saturated heterocycles. The average Bonchev–Trinajstić information content (AvgIpc) is 2.92. The largest absolute Gasteiger partial charge is 0.396 e. The van der Waals surface area contributed by atoms with E-state index >= 15 is 0 Å². The van der Waals surface area contributed by atoms with Crippen LogP contribution in [0.5, 0.6) is 0 Å². The number of hydrogen-bond donors (Lipinski definition) is 2. The van der Waals surface area contributed by atoms with Gasteiger partial charge >= 0.3 is 0 Å². The summed E-state index contributed by atoms with van der Waals surface area (Å²) in [5, 5.41) is 11.5. The molecule has 0 saturated carbocycles. The number of aromatic amines is 1. The van der Waals surface area contributed by atoms with Gasteiger partial charge in [-0.1, -0.05) is 24.3 Å². The van der Waals surface area contributed by atoms with Crippen molar-refractivity contribution in [1.82, 2.24) is 4.98 Å². The normalized spacial score (nSPS) is 39.9. The first kappa shape index (κ1) is 13.8.